The number of hydrogen-bond acceptors (Lipinski definition) is 5. The molecule has 1 atom stereocenters. The van der Waals surface area contributed by atoms with Gasteiger partial charge in [-0.15, -0.1) is 0 Å². The van der Waals surface area contributed by atoms with Gasteiger partial charge in [0.2, 0.25) is 5.91 Å². The predicted molar refractivity (Wildman–Crippen MR) is 136 cm³/mol. The van der Waals surface area contributed by atoms with E-state index >= 15 is 0 Å². The van der Waals surface area contributed by atoms with E-state index < -0.39 is 11.6 Å². The minimum atomic E-state index is -0.707. The molecule has 36 heavy (non-hydrogen) atoms. The highest BCUT2D eigenvalue weighted by Gasteiger charge is 2.29. The van der Waals surface area contributed by atoms with Crippen molar-refractivity contribution in [3.8, 4) is 22.8 Å². The van der Waals surface area contributed by atoms with E-state index in [1.165, 1.54) is 6.08 Å². The van der Waals surface area contributed by atoms with Gasteiger partial charge in [-0.2, -0.15) is 0 Å². The van der Waals surface area contributed by atoms with Crippen LogP contribution in [0.1, 0.15) is 34.8 Å². The molecular formula is C27H25N5O4. The fourth-order valence-corrected chi connectivity index (χ4v) is 4.69. The van der Waals surface area contributed by atoms with E-state index in [9.17, 15) is 14.4 Å². The zero-order valence-corrected chi connectivity index (χ0v) is 19.5. The quantitative estimate of drug-likeness (QED) is 0.360. The Labute approximate surface area is 206 Å². The molecular weight excluding hydrogens is 458 g/mol. The summed E-state index contributed by atoms with van der Waals surface area (Å²) in [5, 5.41) is 0. The Kier molecular flexibility index (Phi) is 6.12. The standard InChI is InChI=1S/C27H25N5O4/c1-2-20(33)32-14-6-7-17(15-32)23-25-24(30-27(35)31-25)21(26(28)34)22(29-23)16-10-12-19(13-11-16)36-18-8-4-3-5-9-18/h2-5,8-13,17H,1,6-7,14-15H2,(H2,28,34)(H2,30,31,35). The number of aromatic nitrogens is 3. The Balaban J connectivity index is 1.60. The van der Waals surface area contributed by atoms with Gasteiger partial charge in [0.15, 0.2) is 0 Å². The molecule has 4 aromatic rings. The summed E-state index contributed by atoms with van der Waals surface area (Å²) < 4.78 is 5.87. The molecule has 1 aliphatic heterocycles. The average Bonchev–Trinajstić information content (AvgIpc) is 3.29. The summed E-state index contributed by atoms with van der Waals surface area (Å²) in [5.41, 5.74) is 7.77. The number of ether oxygens (including phenoxy) is 1. The van der Waals surface area contributed by atoms with Crippen molar-refractivity contribution in [3.63, 3.8) is 0 Å². The average molecular weight is 484 g/mol. The zero-order chi connectivity index (χ0) is 25.2. The number of rotatable bonds is 6. The minimum Gasteiger partial charge on any atom is -0.457 e. The first-order valence-electron chi connectivity index (χ1n) is 11.6. The molecule has 2 aromatic heterocycles. The van der Waals surface area contributed by atoms with Crippen molar-refractivity contribution in [2.24, 2.45) is 5.73 Å². The van der Waals surface area contributed by atoms with Crippen LogP contribution in [0.5, 0.6) is 11.5 Å². The van der Waals surface area contributed by atoms with E-state index in [1.54, 1.807) is 29.2 Å². The van der Waals surface area contributed by atoms with Crippen LogP contribution in [0.2, 0.25) is 0 Å². The maximum absolute atomic E-state index is 12.6. The van der Waals surface area contributed by atoms with Crippen molar-refractivity contribution in [2.75, 3.05) is 13.1 Å². The fraction of sp³-hybridized carbons (Fsp3) is 0.185. The van der Waals surface area contributed by atoms with Gasteiger partial charge in [0, 0.05) is 24.6 Å². The molecule has 1 aliphatic rings. The summed E-state index contributed by atoms with van der Waals surface area (Å²) in [6.45, 7) is 4.64. The Morgan fingerprint density at radius 1 is 1.06 bits per heavy atom. The number of primary amides is 1. The van der Waals surface area contributed by atoms with Crippen LogP contribution in [0.15, 0.2) is 72.0 Å². The van der Waals surface area contributed by atoms with Crippen molar-refractivity contribution in [1.29, 1.82) is 0 Å². The maximum atomic E-state index is 12.6. The first kappa shape index (κ1) is 23.1. The summed E-state index contributed by atoms with van der Waals surface area (Å²) in [6.07, 6.45) is 2.85. The predicted octanol–water partition coefficient (Wildman–Crippen LogP) is 3.70. The number of nitrogens with one attached hydrogen (secondary N) is 2. The number of pyridine rings is 1. The number of para-hydroxylation sites is 1. The van der Waals surface area contributed by atoms with Gasteiger partial charge in [0.1, 0.15) is 11.5 Å². The molecule has 1 saturated heterocycles. The highest BCUT2D eigenvalue weighted by Crippen LogP contribution is 2.35. The van der Waals surface area contributed by atoms with Crippen LogP contribution in [0, 0.1) is 0 Å². The van der Waals surface area contributed by atoms with Gasteiger partial charge in [-0.25, -0.2) is 9.78 Å². The van der Waals surface area contributed by atoms with Crippen molar-refractivity contribution >= 4 is 22.8 Å². The summed E-state index contributed by atoms with van der Waals surface area (Å²) >= 11 is 0. The molecule has 0 spiro atoms. The third kappa shape index (κ3) is 4.38. The number of H-pyrrole nitrogens is 2. The number of nitrogens with zero attached hydrogens (tertiary/aromatic N) is 2. The maximum Gasteiger partial charge on any atom is 0.323 e. The van der Waals surface area contributed by atoms with Gasteiger partial charge in [-0.3, -0.25) is 9.59 Å². The molecule has 2 aromatic carbocycles. The lowest BCUT2D eigenvalue weighted by molar-refractivity contribution is -0.127. The van der Waals surface area contributed by atoms with Gasteiger partial charge in [-0.05, 0) is 55.3 Å². The summed E-state index contributed by atoms with van der Waals surface area (Å²) in [4.78, 5) is 49.2. The topological polar surface area (TPSA) is 134 Å². The molecule has 0 aliphatic carbocycles. The van der Waals surface area contributed by atoms with Gasteiger partial charge in [0.25, 0.3) is 5.91 Å². The van der Waals surface area contributed by atoms with E-state index in [1.807, 2.05) is 30.3 Å². The third-order valence-corrected chi connectivity index (χ3v) is 6.35. The molecule has 0 bridgehead atoms. The van der Waals surface area contributed by atoms with Crippen LogP contribution in [0.4, 0.5) is 0 Å². The first-order chi connectivity index (χ1) is 17.4. The molecule has 1 fully saturated rings. The Hall–Kier alpha value is -4.66. The fourth-order valence-electron chi connectivity index (χ4n) is 4.69. The van der Waals surface area contributed by atoms with Gasteiger partial charge in [-0.1, -0.05) is 24.8 Å². The second-order valence-corrected chi connectivity index (χ2v) is 8.68. The number of hydrogen-bond donors (Lipinski definition) is 3. The molecule has 0 saturated carbocycles. The summed E-state index contributed by atoms with van der Waals surface area (Å²) in [5.74, 6) is 0.319. The highest BCUT2D eigenvalue weighted by molar-refractivity contribution is 6.09. The minimum absolute atomic E-state index is 0.124. The largest absolute Gasteiger partial charge is 0.457 e. The van der Waals surface area contributed by atoms with E-state index in [2.05, 4.69) is 16.5 Å². The second kappa shape index (κ2) is 9.53. The van der Waals surface area contributed by atoms with Crippen molar-refractivity contribution in [2.45, 2.75) is 18.8 Å². The van der Waals surface area contributed by atoms with E-state index in [0.29, 0.717) is 52.6 Å². The third-order valence-electron chi connectivity index (χ3n) is 6.35. The number of likely N-dealkylation sites (tertiary alicyclic amines) is 1. The van der Waals surface area contributed by atoms with Gasteiger partial charge >= 0.3 is 5.69 Å². The van der Waals surface area contributed by atoms with Crippen LogP contribution >= 0.6 is 0 Å². The number of nitrogens with two attached hydrogens (primary N) is 1. The molecule has 182 valence electrons. The van der Waals surface area contributed by atoms with Crippen LogP contribution in [0.3, 0.4) is 0 Å². The molecule has 9 heteroatoms. The first-order valence-corrected chi connectivity index (χ1v) is 11.6. The van der Waals surface area contributed by atoms with E-state index in [4.69, 9.17) is 15.5 Å². The Bertz CT molecular complexity index is 1510. The van der Waals surface area contributed by atoms with Crippen molar-refractivity contribution < 1.29 is 14.3 Å². The number of piperidine rings is 1. The number of carbonyl (C=O) groups is 2. The lowest BCUT2D eigenvalue weighted by Crippen LogP contribution is -2.38. The Morgan fingerprint density at radius 3 is 2.44 bits per heavy atom. The number of imidazole rings is 1. The number of fused-ring (bicyclic) bond motifs is 1. The lowest BCUT2D eigenvalue weighted by atomic mass is 9.91. The normalized spacial score (nSPS) is 15.6. The number of amides is 2. The molecule has 1 unspecified atom stereocenters. The molecule has 0 radical (unpaired) electrons. The van der Waals surface area contributed by atoms with Crippen LogP contribution in [0.25, 0.3) is 22.3 Å². The molecule has 2 amide bonds. The van der Waals surface area contributed by atoms with E-state index in [0.717, 1.165) is 12.8 Å². The summed E-state index contributed by atoms with van der Waals surface area (Å²) in [7, 11) is 0. The lowest BCUT2D eigenvalue weighted by Gasteiger charge is -2.32. The SMILES string of the molecule is C=CC(=O)N1CCCC(c2nc(-c3ccc(Oc4ccccc4)cc3)c(C(N)=O)c3[nH]c(=O)[nH]c23)C1. The molecule has 9 nitrogen and oxygen atoms in total. The monoisotopic (exact) mass is 483 g/mol. The molecule has 5 rings (SSSR count). The zero-order valence-electron chi connectivity index (χ0n) is 19.5. The van der Waals surface area contributed by atoms with Crippen LogP contribution in [-0.2, 0) is 4.79 Å². The summed E-state index contributed by atoms with van der Waals surface area (Å²) in [6, 6.07) is 16.5. The van der Waals surface area contributed by atoms with Gasteiger partial charge in [0.05, 0.1) is 28.0 Å². The molecule has 4 N–H and O–H groups in total. The number of benzene rings is 2. The van der Waals surface area contributed by atoms with Crippen LogP contribution < -0.4 is 16.2 Å². The smallest absolute Gasteiger partial charge is 0.323 e. The highest BCUT2D eigenvalue weighted by atomic mass is 16.5. The van der Waals surface area contributed by atoms with Gasteiger partial charge < -0.3 is 25.3 Å². The van der Waals surface area contributed by atoms with Crippen LogP contribution in [-0.4, -0.2) is 44.8 Å². The Morgan fingerprint density at radius 2 is 1.75 bits per heavy atom. The van der Waals surface area contributed by atoms with Crippen molar-refractivity contribution in [1.82, 2.24) is 19.9 Å². The molecule has 3 heterocycles. The van der Waals surface area contributed by atoms with E-state index in [-0.39, 0.29) is 17.4 Å². The number of aromatic amines is 2. The van der Waals surface area contributed by atoms with Crippen molar-refractivity contribution in [3.05, 3.63) is 89.0 Å². The number of carbonyl (C=O) groups excluding carboxylic acids is 2. The second-order valence-electron chi connectivity index (χ2n) is 8.68.